The van der Waals surface area contributed by atoms with Gasteiger partial charge in [-0.15, -0.1) is 0 Å². The van der Waals surface area contributed by atoms with Crippen LogP contribution in [0.4, 0.5) is 0 Å². The lowest BCUT2D eigenvalue weighted by Crippen LogP contribution is -2.42. The molecule has 0 saturated heterocycles. The monoisotopic (exact) mass is 262 g/mol. The molecule has 0 heterocycles. The fourth-order valence-corrected chi connectivity index (χ4v) is 2.63. The second-order valence-corrected chi connectivity index (χ2v) is 6.69. The van der Waals surface area contributed by atoms with Crippen LogP contribution in [0.5, 0.6) is 0 Å². The van der Waals surface area contributed by atoms with Crippen LogP contribution in [-0.2, 0) is 14.8 Å². The predicted molar refractivity (Wildman–Crippen MR) is 67.0 cm³/mol. The highest BCUT2D eigenvalue weighted by Gasteiger charge is 2.22. The molecule has 0 spiro atoms. The van der Waals surface area contributed by atoms with Crippen LogP contribution < -0.4 is 10.0 Å². The molecule has 0 unspecified atom stereocenters. The fourth-order valence-electron chi connectivity index (χ4n) is 2.16. The molecule has 1 saturated carbocycles. The van der Waals surface area contributed by atoms with Crippen molar-refractivity contribution in [2.24, 2.45) is 5.92 Å². The molecule has 0 radical (unpaired) electrons. The molecule has 0 aromatic rings. The van der Waals surface area contributed by atoms with E-state index in [4.69, 9.17) is 0 Å². The zero-order chi connectivity index (χ0) is 12.9. The Morgan fingerprint density at radius 2 is 1.94 bits per heavy atom. The first kappa shape index (κ1) is 14.4. The third-order valence-electron chi connectivity index (χ3n) is 3.17. The number of hydrogen-bond acceptors (Lipinski definition) is 3. The molecule has 5 nitrogen and oxygen atoms in total. The van der Waals surface area contributed by atoms with Crippen LogP contribution in [0.2, 0.25) is 0 Å². The summed E-state index contributed by atoms with van der Waals surface area (Å²) in [5, 5.41) is 2.98. The summed E-state index contributed by atoms with van der Waals surface area (Å²) >= 11 is 0. The normalized spacial score (nSPS) is 25.5. The summed E-state index contributed by atoms with van der Waals surface area (Å²) in [6, 6.07) is 0.259. The van der Waals surface area contributed by atoms with Gasteiger partial charge in [-0.05, 0) is 18.8 Å². The number of amides is 1. The lowest BCUT2D eigenvalue weighted by atomic mass is 9.86. The molecule has 1 rings (SSSR count). The maximum absolute atomic E-state index is 11.6. The van der Waals surface area contributed by atoms with E-state index in [0.29, 0.717) is 5.92 Å². The Balaban J connectivity index is 2.24. The van der Waals surface area contributed by atoms with E-state index in [1.54, 1.807) is 0 Å². The number of nitrogens with one attached hydrogen (secondary N) is 2. The molecule has 1 aliphatic carbocycles. The SMILES string of the molecule is C[C@@H]1CCCC[C@@H]1NC(=O)CCNS(C)(=O)=O. The summed E-state index contributed by atoms with van der Waals surface area (Å²) in [4.78, 5) is 11.6. The van der Waals surface area contributed by atoms with Crippen molar-refractivity contribution >= 4 is 15.9 Å². The second-order valence-electron chi connectivity index (χ2n) is 4.85. The van der Waals surface area contributed by atoms with Crippen LogP contribution in [0.15, 0.2) is 0 Å². The Morgan fingerprint density at radius 3 is 2.53 bits per heavy atom. The van der Waals surface area contributed by atoms with Crippen LogP contribution in [0, 0.1) is 5.92 Å². The van der Waals surface area contributed by atoms with Crippen molar-refractivity contribution in [3.8, 4) is 0 Å². The zero-order valence-corrected chi connectivity index (χ0v) is 11.3. The average Bonchev–Trinajstić information content (AvgIpc) is 2.19. The van der Waals surface area contributed by atoms with Gasteiger partial charge >= 0.3 is 0 Å². The highest BCUT2D eigenvalue weighted by Crippen LogP contribution is 2.23. The van der Waals surface area contributed by atoms with Crippen LogP contribution in [0.1, 0.15) is 39.0 Å². The molecule has 0 bridgehead atoms. The van der Waals surface area contributed by atoms with Gasteiger partial charge in [-0.3, -0.25) is 4.79 Å². The number of carbonyl (C=O) groups excluding carboxylic acids is 1. The van der Waals surface area contributed by atoms with Crippen molar-refractivity contribution < 1.29 is 13.2 Å². The third-order valence-corrected chi connectivity index (χ3v) is 3.90. The standard InChI is InChI=1S/C11H22N2O3S/c1-9-5-3-4-6-10(9)13-11(14)7-8-12-17(2,15)16/h9-10,12H,3-8H2,1-2H3,(H,13,14)/t9-,10+/m1/s1. The average molecular weight is 262 g/mol. The van der Waals surface area contributed by atoms with Crippen molar-refractivity contribution in [3.63, 3.8) is 0 Å². The predicted octanol–water partition coefficient (Wildman–Crippen LogP) is 0.621. The van der Waals surface area contributed by atoms with Gasteiger partial charge in [0.1, 0.15) is 0 Å². The van der Waals surface area contributed by atoms with Crippen LogP contribution in [-0.4, -0.2) is 33.2 Å². The first-order chi connectivity index (χ1) is 7.88. The van der Waals surface area contributed by atoms with Crippen molar-refractivity contribution in [1.29, 1.82) is 0 Å². The van der Waals surface area contributed by atoms with Gasteiger partial charge < -0.3 is 5.32 Å². The van der Waals surface area contributed by atoms with E-state index in [-0.39, 0.29) is 24.9 Å². The number of hydrogen-bond donors (Lipinski definition) is 2. The van der Waals surface area contributed by atoms with E-state index in [0.717, 1.165) is 25.5 Å². The van der Waals surface area contributed by atoms with Gasteiger partial charge in [0.05, 0.1) is 6.26 Å². The van der Waals surface area contributed by atoms with Crippen molar-refractivity contribution in [3.05, 3.63) is 0 Å². The maximum Gasteiger partial charge on any atom is 0.221 e. The van der Waals surface area contributed by atoms with Gasteiger partial charge in [0.25, 0.3) is 0 Å². The molecular formula is C11H22N2O3S. The first-order valence-corrected chi connectivity index (χ1v) is 8.01. The number of carbonyl (C=O) groups is 1. The molecule has 2 atom stereocenters. The van der Waals surface area contributed by atoms with Gasteiger partial charge in [0.2, 0.25) is 15.9 Å². The van der Waals surface area contributed by atoms with E-state index < -0.39 is 10.0 Å². The van der Waals surface area contributed by atoms with Crippen molar-refractivity contribution in [1.82, 2.24) is 10.0 Å². The zero-order valence-electron chi connectivity index (χ0n) is 10.5. The molecule has 1 fully saturated rings. The summed E-state index contributed by atoms with van der Waals surface area (Å²) in [6.45, 7) is 2.32. The summed E-state index contributed by atoms with van der Waals surface area (Å²) < 4.78 is 23.9. The third kappa shape index (κ3) is 6.02. The molecule has 0 aromatic carbocycles. The van der Waals surface area contributed by atoms with E-state index in [1.807, 2.05) is 0 Å². The van der Waals surface area contributed by atoms with E-state index in [1.165, 1.54) is 6.42 Å². The molecule has 100 valence electrons. The van der Waals surface area contributed by atoms with Gasteiger partial charge in [-0.2, -0.15) is 0 Å². The minimum atomic E-state index is -3.19. The van der Waals surface area contributed by atoms with Crippen molar-refractivity contribution in [2.45, 2.75) is 45.1 Å². The van der Waals surface area contributed by atoms with Crippen LogP contribution >= 0.6 is 0 Å². The van der Waals surface area contributed by atoms with Gasteiger partial charge in [0.15, 0.2) is 0 Å². The summed E-state index contributed by atoms with van der Waals surface area (Å²) in [5.41, 5.74) is 0. The van der Waals surface area contributed by atoms with Crippen molar-refractivity contribution in [2.75, 3.05) is 12.8 Å². The van der Waals surface area contributed by atoms with Crippen LogP contribution in [0.25, 0.3) is 0 Å². The topological polar surface area (TPSA) is 75.3 Å². The van der Waals surface area contributed by atoms with E-state index >= 15 is 0 Å². The molecule has 1 amide bonds. The van der Waals surface area contributed by atoms with Gasteiger partial charge in [-0.1, -0.05) is 19.8 Å². The second kappa shape index (κ2) is 6.35. The summed E-state index contributed by atoms with van der Waals surface area (Å²) in [7, 11) is -3.19. The molecule has 0 aliphatic heterocycles. The molecular weight excluding hydrogens is 240 g/mol. The quantitative estimate of drug-likeness (QED) is 0.762. The van der Waals surface area contributed by atoms with Gasteiger partial charge in [0, 0.05) is 19.0 Å². The summed E-state index contributed by atoms with van der Waals surface area (Å²) in [6.07, 6.45) is 5.89. The van der Waals surface area contributed by atoms with Crippen LogP contribution in [0.3, 0.4) is 0 Å². The highest BCUT2D eigenvalue weighted by atomic mass is 32.2. The maximum atomic E-state index is 11.6. The van der Waals surface area contributed by atoms with Gasteiger partial charge in [-0.25, -0.2) is 13.1 Å². The van der Waals surface area contributed by atoms with E-state index in [9.17, 15) is 13.2 Å². The minimum absolute atomic E-state index is 0.0695. The number of sulfonamides is 1. The first-order valence-electron chi connectivity index (χ1n) is 6.12. The largest absolute Gasteiger partial charge is 0.353 e. The number of rotatable bonds is 5. The molecule has 0 aromatic heterocycles. The van der Waals surface area contributed by atoms with E-state index in [2.05, 4.69) is 17.0 Å². The molecule has 17 heavy (non-hydrogen) atoms. The molecule has 1 aliphatic rings. The molecule has 6 heteroatoms. The Morgan fingerprint density at radius 1 is 1.29 bits per heavy atom. The Labute approximate surface area is 103 Å². The Hall–Kier alpha value is -0.620. The Kier molecular flexibility index (Phi) is 5.39. The molecule has 2 N–H and O–H groups in total. The lowest BCUT2D eigenvalue weighted by Gasteiger charge is -2.29. The Bertz CT molecular complexity index is 354. The highest BCUT2D eigenvalue weighted by molar-refractivity contribution is 7.88. The smallest absolute Gasteiger partial charge is 0.221 e. The summed E-state index contributed by atoms with van der Waals surface area (Å²) in [5.74, 6) is 0.454. The fraction of sp³-hybridized carbons (Fsp3) is 0.909. The lowest BCUT2D eigenvalue weighted by molar-refractivity contribution is -0.122. The minimum Gasteiger partial charge on any atom is -0.353 e.